The maximum absolute atomic E-state index is 10.4. The van der Waals surface area contributed by atoms with Gasteiger partial charge >= 0.3 is 0 Å². The largest absolute Gasteiger partial charge is 0.379 e. The van der Waals surface area contributed by atoms with E-state index in [1.54, 1.807) is 0 Å². The van der Waals surface area contributed by atoms with Gasteiger partial charge in [-0.15, -0.1) is 6.58 Å². The molecule has 0 aliphatic heterocycles. The number of carbonyl (C=O) groups excluding carboxylic acids is 1. The van der Waals surface area contributed by atoms with E-state index in [1.165, 1.54) is 0 Å². The second-order valence-corrected chi connectivity index (χ2v) is 2.51. The van der Waals surface area contributed by atoms with Gasteiger partial charge in [0, 0.05) is 6.61 Å². The second-order valence-electron chi connectivity index (χ2n) is 2.51. The molecule has 0 radical (unpaired) electrons. The molecule has 70 valence electrons. The summed E-state index contributed by atoms with van der Waals surface area (Å²) in [5.74, 6) is -0.529. The van der Waals surface area contributed by atoms with Gasteiger partial charge in [0.25, 0.3) is 0 Å². The first-order chi connectivity index (χ1) is 5.68. The summed E-state index contributed by atoms with van der Waals surface area (Å²) >= 11 is 0. The van der Waals surface area contributed by atoms with Crippen molar-refractivity contribution >= 4 is 5.91 Å². The third-order valence-corrected chi connectivity index (χ3v) is 1.36. The fourth-order valence-corrected chi connectivity index (χ4v) is 0.622. The Hall–Kier alpha value is -0.870. The number of primary amides is 1. The van der Waals surface area contributed by atoms with E-state index >= 15 is 0 Å². The normalized spacial score (nSPS) is 12.4. The third kappa shape index (κ3) is 5.88. The molecule has 0 spiro atoms. The molecule has 0 saturated heterocycles. The second kappa shape index (κ2) is 6.82. The highest BCUT2D eigenvalue weighted by molar-refractivity contribution is 5.79. The Kier molecular flexibility index (Phi) is 6.32. The first-order valence-corrected chi connectivity index (χ1v) is 3.92. The maximum Gasteiger partial charge on any atom is 0.236 e. The lowest BCUT2D eigenvalue weighted by atomic mass is 10.3. The molecule has 1 amide bonds. The summed E-state index contributed by atoms with van der Waals surface area (Å²) in [5, 5.41) is 0. The average molecular weight is 172 g/mol. The summed E-state index contributed by atoms with van der Waals surface area (Å²) in [4.78, 5) is 10.4. The lowest BCUT2D eigenvalue weighted by Gasteiger charge is -2.07. The molecule has 0 aromatic heterocycles. The van der Waals surface area contributed by atoms with Crippen molar-refractivity contribution < 1.29 is 9.53 Å². The van der Waals surface area contributed by atoms with Gasteiger partial charge in [0.1, 0.15) is 6.04 Å². The molecule has 0 bridgehead atoms. The Bertz CT molecular complexity index is 148. The molecule has 12 heavy (non-hydrogen) atoms. The van der Waals surface area contributed by atoms with Gasteiger partial charge < -0.3 is 16.2 Å². The number of rotatable bonds is 7. The molecule has 4 N–H and O–H groups in total. The van der Waals surface area contributed by atoms with Gasteiger partial charge in [-0.1, -0.05) is 6.08 Å². The third-order valence-electron chi connectivity index (χ3n) is 1.36. The zero-order valence-electron chi connectivity index (χ0n) is 7.16. The Labute approximate surface area is 72.6 Å². The van der Waals surface area contributed by atoms with Crippen molar-refractivity contribution in [2.24, 2.45) is 11.5 Å². The van der Waals surface area contributed by atoms with Crippen molar-refractivity contribution in [2.75, 3.05) is 13.2 Å². The van der Waals surface area contributed by atoms with Gasteiger partial charge in [-0.25, -0.2) is 0 Å². The van der Waals surface area contributed by atoms with Crippen molar-refractivity contribution in [1.29, 1.82) is 0 Å². The summed E-state index contributed by atoms with van der Waals surface area (Å²) in [7, 11) is 0. The van der Waals surface area contributed by atoms with Crippen molar-refractivity contribution in [3.05, 3.63) is 12.7 Å². The van der Waals surface area contributed by atoms with Crippen molar-refractivity contribution in [1.82, 2.24) is 0 Å². The molecule has 4 heteroatoms. The standard InChI is InChI=1S/C8H16N2O2/c1-2-3-4-5-12-6-7(9)8(10)11/h2,7H,1,3-6,9H2,(H2,10,11). The number of nitrogens with two attached hydrogens (primary N) is 2. The van der Waals surface area contributed by atoms with E-state index in [0.717, 1.165) is 12.8 Å². The molecule has 0 heterocycles. The fourth-order valence-electron chi connectivity index (χ4n) is 0.622. The number of hydrogen-bond acceptors (Lipinski definition) is 3. The minimum atomic E-state index is -0.686. The molecular formula is C8H16N2O2. The van der Waals surface area contributed by atoms with Crippen LogP contribution < -0.4 is 11.5 Å². The topological polar surface area (TPSA) is 78.3 Å². The number of amides is 1. The summed E-state index contributed by atoms with van der Waals surface area (Å²) in [6.07, 6.45) is 3.62. The first kappa shape index (κ1) is 11.1. The summed E-state index contributed by atoms with van der Waals surface area (Å²) < 4.78 is 5.09. The van der Waals surface area contributed by atoms with Crippen LogP contribution in [0.2, 0.25) is 0 Å². The van der Waals surface area contributed by atoms with Crippen molar-refractivity contribution in [3.8, 4) is 0 Å². The van der Waals surface area contributed by atoms with Crippen LogP contribution in [0.4, 0.5) is 0 Å². The lowest BCUT2D eigenvalue weighted by Crippen LogP contribution is -2.40. The van der Waals surface area contributed by atoms with Gasteiger partial charge in [-0.2, -0.15) is 0 Å². The molecule has 0 fully saturated rings. The van der Waals surface area contributed by atoms with Gasteiger partial charge in [-0.05, 0) is 12.8 Å². The number of allylic oxidation sites excluding steroid dienone is 1. The van der Waals surface area contributed by atoms with Crippen molar-refractivity contribution in [3.63, 3.8) is 0 Å². The van der Waals surface area contributed by atoms with E-state index in [4.69, 9.17) is 16.2 Å². The molecule has 1 unspecified atom stereocenters. The smallest absolute Gasteiger partial charge is 0.236 e. The molecule has 0 aliphatic carbocycles. The van der Waals surface area contributed by atoms with Gasteiger partial charge in [-0.3, -0.25) is 4.79 Å². The molecule has 4 nitrogen and oxygen atoms in total. The lowest BCUT2D eigenvalue weighted by molar-refractivity contribution is -0.120. The predicted octanol–water partition coefficient (Wildman–Crippen LogP) is -0.218. The summed E-state index contributed by atoms with van der Waals surface area (Å²) in [6.45, 7) is 4.36. The van der Waals surface area contributed by atoms with E-state index in [2.05, 4.69) is 6.58 Å². The highest BCUT2D eigenvalue weighted by Gasteiger charge is 2.07. The number of hydrogen-bond donors (Lipinski definition) is 2. The number of ether oxygens (including phenoxy) is 1. The molecule has 0 aromatic carbocycles. The zero-order valence-corrected chi connectivity index (χ0v) is 7.16. The minimum absolute atomic E-state index is 0.201. The van der Waals surface area contributed by atoms with Crippen LogP contribution >= 0.6 is 0 Å². The minimum Gasteiger partial charge on any atom is -0.379 e. The van der Waals surface area contributed by atoms with Crippen LogP contribution in [-0.2, 0) is 9.53 Å². The molecular weight excluding hydrogens is 156 g/mol. The van der Waals surface area contributed by atoms with Crippen LogP contribution in [0.1, 0.15) is 12.8 Å². The van der Waals surface area contributed by atoms with Crippen LogP contribution in [0.3, 0.4) is 0 Å². The molecule has 0 aromatic rings. The van der Waals surface area contributed by atoms with E-state index in [1.807, 2.05) is 6.08 Å². The molecule has 0 aliphatic rings. The van der Waals surface area contributed by atoms with Gasteiger partial charge in [0.05, 0.1) is 6.61 Å². The number of unbranched alkanes of at least 4 members (excludes halogenated alkanes) is 1. The van der Waals surface area contributed by atoms with Crippen LogP contribution in [0.15, 0.2) is 12.7 Å². The quantitative estimate of drug-likeness (QED) is 0.411. The Morgan fingerprint density at radius 1 is 1.67 bits per heavy atom. The van der Waals surface area contributed by atoms with Gasteiger partial charge in [0.15, 0.2) is 0 Å². The fraction of sp³-hybridized carbons (Fsp3) is 0.625. The Balaban J connectivity index is 3.19. The zero-order chi connectivity index (χ0) is 9.40. The van der Waals surface area contributed by atoms with E-state index in [0.29, 0.717) is 6.61 Å². The molecule has 0 saturated carbocycles. The molecule has 0 rings (SSSR count). The Morgan fingerprint density at radius 2 is 2.33 bits per heavy atom. The van der Waals surface area contributed by atoms with E-state index in [9.17, 15) is 4.79 Å². The maximum atomic E-state index is 10.4. The van der Waals surface area contributed by atoms with Crippen LogP contribution in [-0.4, -0.2) is 25.2 Å². The van der Waals surface area contributed by atoms with Crippen LogP contribution in [0.25, 0.3) is 0 Å². The predicted molar refractivity (Wildman–Crippen MR) is 47.4 cm³/mol. The van der Waals surface area contributed by atoms with Crippen molar-refractivity contribution in [2.45, 2.75) is 18.9 Å². The van der Waals surface area contributed by atoms with Gasteiger partial charge in [0.2, 0.25) is 5.91 Å². The summed E-state index contributed by atoms with van der Waals surface area (Å²) in [6, 6.07) is -0.686. The average Bonchev–Trinajstić information content (AvgIpc) is 2.03. The monoisotopic (exact) mass is 172 g/mol. The van der Waals surface area contributed by atoms with Crippen LogP contribution in [0, 0.1) is 0 Å². The summed E-state index contributed by atoms with van der Waals surface area (Å²) in [5.41, 5.74) is 10.2. The first-order valence-electron chi connectivity index (χ1n) is 3.92. The number of carbonyl (C=O) groups is 1. The highest BCUT2D eigenvalue weighted by Crippen LogP contribution is 1.90. The van der Waals surface area contributed by atoms with E-state index in [-0.39, 0.29) is 6.61 Å². The van der Waals surface area contributed by atoms with Crippen LogP contribution in [0.5, 0.6) is 0 Å². The highest BCUT2D eigenvalue weighted by atomic mass is 16.5. The molecule has 1 atom stereocenters. The Morgan fingerprint density at radius 3 is 2.83 bits per heavy atom. The SMILES string of the molecule is C=CCCCOCC(N)C(N)=O. The van der Waals surface area contributed by atoms with E-state index < -0.39 is 11.9 Å².